The van der Waals surface area contributed by atoms with Gasteiger partial charge in [-0.3, -0.25) is 0 Å². The minimum atomic E-state index is -1.06. The van der Waals surface area contributed by atoms with Gasteiger partial charge in [-0.05, 0) is 5.92 Å². The highest BCUT2D eigenvalue weighted by Gasteiger charge is 2.22. The van der Waals surface area contributed by atoms with Crippen molar-refractivity contribution in [2.24, 2.45) is 5.92 Å². The highest BCUT2D eigenvalue weighted by molar-refractivity contribution is 5.82. The van der Waals surface area contributed by atoms with Crippen molar-refractivity contribution in [1.29, 1.82) is 0 Å². The van der Waals surface area contributed by atoms with Crippen LogP contribution in [0.15, 0.2) is 0 Å². The molecule has 0 fully saturated rings. The Morgan fingerprint density at radius 3 is 2.41 bits per heavy atom. The van der Waals surface area contributed by atoms with Gasteiger partial charge in [-0.1, -0.05) is 13.8 Å². The molecule has 0 aliphatic heterocycles. The second-order valence-corrected chi connectivity index (χ2v) is 3.76. The highest BCUT2D eigenvalue weighted by atomic mass is 16.5. The fourth-order valence-corrected chi connectivity index (χ4v) is 1.04. The van der Waals surface area contributed by atoms with Crippen LogP contribution in [-0.4, -0.2) is 50.2 Å². The molecular weight excluding hydrogens is 228 g/mol. The number of hydrogen-bond donors (Lipinski definition) is 3. The maximum Gasteiger partial charge on any atom is 0.326 e. The second kappa shape index (κ2) is 8.77. The first-order valence-electron chi connectivity index (χ1n) is 5.33. The zero-order valence-electron chi connectivity index (χ0n) is 10.4. The minimum Gasteiger partial charge on any atom is -0.480 e. The molecular formula is C10H20N2O5. The SMILES string of the molecule is COCCOCNC(=O)NC(C(=O)O)C(C)C. The van der Waals surface area contributed by atoms with Crippen molar-refractivity contribution in [3.8, 4) is 0 Å². The van der Waals surface area contributed by atoms with Gasteiger partial charge in [0.05, 0.1) is 13.2 Å². The van der Waals surface area contributed by atoms with E-state index in [0.717, 1.165) is 0 Å². The van der Waals surface area contributed by atoms with Gasteiger partial charge in [-0.15, -0.1) is 0 Å². The predicted molar refractivity (Wildman–Crippen MR) is 60.6 cm³/mol. The summed E-state index contributed by atoms with van der Waals surface area (Å²) in [5.41, 5.74) is 0. The summed E-state index contributed by atoms with van der Waals surface area (Å²) in [6.07, 6.45) is 0. The molecule has 1 unspecified atom stereocenters. The predicted octanol–water partition coefficient (Wildman–Crippen LogP) is 0.0153. The van der Waals surface area contributed by atoms with E-state index >= 15 is 0 Å². The number of rotatable bonds is 8. The number of hydrogen-bond acceptors (Lipinski definition) is 4. The number of amides is 2. The van der Waals surface area contributed by atoms with Crippen molar-refractivity contribution in [3.63, 3.8) is 0 Å². The summed E-state index contributed by atoms with van der Waals surface area (Å²) < 4.78 is 9.75. The Bertz CT molecular complexity index is 245. The van der Waals surface area contributed by atoms with E-state index in [-0.39, 0.29) is 12.6 Å². The number of nitrogens with one attached hydrogen (secondary N) is 2. The van der Waals surface area contributed by atoms with Gasteiger partial charge in [0.15, 0.2) is 0 Å². The van der Waals surface area contributed by atoms with Crippen LogP contribution >= 0.6 is 0 Å². The van der Waals surface area contributed by atoms with Crippen LogP contribution < -0.4 is 10.6 Å². The van der Waals surface area contributed by atoms with Gasteiger partial charge in [0, 0.05) is 7.11 Å². The lowest BCUT2D eigenvalue weighted by molar-refractivity contribution is -0.140. The zero-order valence-corrected chi connectivity index (χ0v) is 10.4. The number of aliphatic carboxylic acids is 1. The lowest BCUT2D eigenvalue weighted by Gasteiger charge is -2.18. The van der Waals surface area contributed by atoms with Crippen LogP contribution in [0.3, 0.4) is 0 Å². The van der Waals surface area contributed by atoms with Crippen LogP contribution in [0.4, 0.5) is 4.79 Å². The summed E-state index contributed by atoms with van der Waals surface area (Å²) in [5, 5.41) is 13.6. The molecule has 100 valence electrons. The summed E-state index contributed by atoms with van der Waals surface area (Å²) in [7, 11) is 1.55. The summed E-state index contributed by atoms with van der Waals surface area (Å²) in [6.45, 7) is 4.25. The van der Waals surface area contributed by atoms with Crippen molar-refractivity contribution >= 4 is 12.0 Å². The van der Waals surface area contributed by atoms with Crippen molar-refractivity contribution < 1.29 is 24.2 Å². The van der Waals surface area contributed by atoms with Crippen LogP contribution in [0.5, 0.6) is 0 Å². The van der Waals surface area contributed by atoms with Crippen LogP contribution in [0.25, 0.3) is 0 Å². The molecule has 0 aliphatic carbocycles. The molecule has 0 aromatic carbocycles. The van der Waals surface area contributed by atoms with Crippen LogP contribution in [0.1, 0.15) is 13.8 Å². The monoisotopic (exact) mass is 248 g/mol. The molecule has 0 heterocycles. The lowest BCUT2D eigenvalue weighted by Crippen LogP contribution is -2.49. The molecule has 7 nitrogen and oxygen atoms in total. The molecule has 7 heteroatoms. The van der Waals surface area contributed by atoms with E-state index < -0.39 is 18.0 Å². The van der Waals surface area contributed by atoms with Gasteiger partial charge < -0.3 is 25.2 Å². The molecule has 2 amide bonds. The van der Waals surface area contributed by atoms with E-state index in [9.17, 15) is 9.59 Å². The molecule has 0 rings (SSSR count). The topological polar surface area (TPSA) is 96.9 Å². The second-order valence-electron chi connectivity index (χ2n) is 3.76. The van der Waals surface area contributed by atoms with Gasteiger partial charge >= 0.3 is 12.0 Å². The molecule has 0 aliphatic rings. The van der Waals surface area contributed by atoms with Crippen LogP contribution in [0, 0.1) is 5.92 Å². The van der Waals surface area contributed by atoms with Gasteiger partial charge in [-0.2, -0.15) is 0 Å². The number of carbonyl (C=O) groups is 2. The van der Waals surface area contributed by atoms with Gasteiger partial charge in [0.1, 0.15) is 12.8 Å². The van der Waals surface area contributed by atoms with E-state index in [4.69, 9.17) is 14.6 Å². The molecule has 0 saturated heterocycles. The number of ether oxygens (including phenoxy) is 2. The molecule has 0 radical (unpaired) electrons. The molecule has 0 bridgehead atoms. The summed E-state index contributed by atoms with van der Waals surface area (Å²) in [4.78, 5) is 22.1. The summed E-state index contributed by atoms with van der Waals surface area (Å²) in [5.74, 6) is -1.25. The number of carboxylic acid groups (broad SMARTS) is 1. The molecule has 17 heavy (non-hydrogen) atoms. The van der Waals surface area contributed by atoms with Gasteiger partial charge in [0.25, 0.3) is 0 Å². The van der Waals surface area contributed by atoms with Crippen molar-refractivity contribution in [2.75, 3.05) is 27.1 Å². The van der Waals surface area contributed by atoms with Crippen LogP contribution in [0.2, 0.25) is 0 Å². The number of carbonyl (C=O) groups excluding carboxylic acids is 1. The normalized spacial score (nSPS) is 12.2. The van der Waals surface area contributed by atoms with E-state index in [0.29, 0.717) is 13.2 Å². The maximum absolute atomic E-state index is 11.3. The largest absolute Gasteiger partial charge is 0.480 e. The fourth-order valence-electron chi connectivity index (χ4n) is 1.04. The van der Waals surface area contributed by atoms with Crippen molar-refractivity contribution in [3.05, 3.63) is 0 Å². The third-order valence-corrected chi connectivity index (χ3v) is 1.99. The fraction of sp³-hybridized carbons (Fsp3) is 0.800. The first-order valence-corrected chi connectivity index (χ1v) is 5.33. The quantitative estimate of drug-likeness (QED) is 0.415. The molecule has 0 spiro atoms. The van der Waals surface area contributed by atoms with Crippen molar-refractivity contribution in [1.82, 2.24) is 10.6 Å². The van der Waals surface area contributed by atoms with Crippen molar-refractivity contribution in [2.45, 2.75) is 19.9 Å². The molecule has 0 aromatic rings. The standard InChI is InChI=1S/C10H20N2O5/c1-7(2)8(9(13)14)12-10(15)11-6-17-5-4-16-3/h7-8H,4-6H2,1-3H3,(H,13,14)(H2,11,12,15). The van der Waals surface area contributed by atoms with Gasteiger partial charge in [0.2, 0.25) is 0 Å². The third-order valence-electron chi connectivity index (χ3n) is 1.99. The third kappa shape index (κ3) is 7.53. The zero-order chi connectivity index (χ0) is 13.3. The Balaban J connectivity index is 3.80. The maximum atomic E-state index is 11.3. The highest BCUT2D eigenvalue weighted by Crippen LogP contribution is 2.00. The van der Waals surface area contributed by atoms with Gasteiger partial charge in [-0.25, -0.2) is 9.59 Å². The minimum absolute atomic E-state index is 0.0135. The number of urea groups is 1. The first-order chi connectivity index (χ1) is 7.99. The Morgan fingerprint density at radius 1 is 1.29 bits per heavy atom. The number of methoxy groups -OCH3 is 1. The van der Waals surface area contributed by atoms with Crippen LogP contribution in [-0.2, 0) is 14.3 Å². The van der Waals surface area contributed by atoms with E-state index in [1.54, 1.807) is 21.0 Å². The smallest absolute Gasteiger partial charge is 0.326 e. The average Bonchev–Trinajstić information content (AvgIpc) is 2.24. The summed E-state index contributed by atoms with van der Waals surface area (Å²) in [6, 6.07) is -1.47. The Labute approximate surface area is 100 Å². The molecule has 1 atom stereocenters. The van der Waals surface area contributed by atoms with E-state index in [2.05, 4.69) is 10.6 Å². The van der Waals surface area contributed by atoms with E-state index in [1.165, 1.54) is 0 Å². The Kier molecular flexibility index (Phi) is 8.08. The summed E-state index contributed by atoms with van der Waals surface area (Å²) >= 11 is 0. The lowest BCUT2D eigenvalue weighted by atomic mass is 10.1. The molecule has 0 saturated carbocycles. The molecule has 0 aromatic heterocycles. The Morgan fingerprint density at radius 2 is 1.94 bits per heavy atom. The Hall–Kier alpha value is -1.34. The molecule has 3 N–H and O–H groups in total. The van der Waals surface area contributed by atoms with E-state index in [1.807, 2.05) is 0 Å². The average molecular weight is 248 g/mol. The first kappa shape index (κ1) is 15.7. The number of carboxylic acids is 1.